The van der Waals surface area contributed by atoms with E-state index in [1.807, 2.05) is 18.3 Å². The largest absolute Gasteiger partial charge is 0.317 e. The van der Waals surface area contributed by atoms with Gasteiger partial charge in [-0.15, -0.1) is 11.3 Å². The Morgan fingerprint density at radius 2 is 1.97 bits per heavy atom. The number of unbranched alkanes of at least 4 members (excludes halogenated alkanes) is 4. The van der Waals surface area contributed by atoms with E-state index < -0.39 is 0 Å². The summed E-state index contributed by atoms with van der Waals surface area (Å²) in [6, 6.07) is 5.89. The molecule has 0 aliphatic carbocycles. The van der Waals surface area contributed by atoms with Crippen LogP contribution < -0.4 is 10.9 Å². The average Bonchev–Trinajstić information content (AvgIpc) is 3.19. The highest BCUT2D eigenvalue weighted by molar-refractivity contribution is 7.19. The quantitative estimate of drug-likeness (QED) is 0.335. The fourth-order valence-electron chi connectivity index (χ4n) is 4.23. The molecule has 3 heterocycles. The Bertz CT molecular complexity index is 1120. The SMILES string of the molecule is CCCCCCCC(CC)Cc1cc2c(=O)n(C)cc(-c3ccnc(NC(C)=O)c3)c2s1. The maximum atomic E-state index is 12.9. The Balaban J connectivity index is 1.88. The van der Waals surface area contributed by atoms with Crippen molar-refractivity contribution in [3.63, 3.8) is 0 Å². The third-order valence-electron chi connectivity index (χ3n) is 6.06. The van der Waals surface area contributed by atoms with Crippen LogP contribution in [0.3, 0.4) is 0 Å². The molecule has 3 rings (SSSR count). The smallest absolute Gasteiger partial charge is 0.259 e. The number of thiophene rings is 1. The number of carbonyl (C=O) groups is 1. The lowest BCUT2D eigenvalue weighted by Crippen LogP contribution is -2.15. The van der Waals surface area contributed by atoms with Gasteiger partial charge in [0.1, 0.15) is 5.82 Å². The van der Waals surface area contributed by atoms with Gasteiger partial charge < -0.3 is 9.88 Å². The maximum absolute atomic E-state index is 12.9. The van der Waals surface area contributed by atoms with Crippen molar-refractivity contribution in [2.24, 2.45) is 13.0 Å². The number of carbonyl (C=O) groups excluding carboxylic acids is 1. The van der Waals surface area contributed by atoms with Crippen LogP contribution in [0.5, 0.6) is 0 Å². The number of anilines is 1. The molecule has 0 aliphatic heterocycles. The van der Waals surface area contributed by atoms with Crippen molar-refractivity contribution in [2.75, 3.05) is 5.32 Å². The molecule has 1 amide bonds. The van der Waals surface area contributed by atoms with Crippen molar-refractivity contribution in [1.29, 1.82) is 0 Å². The normalized spacial score (nSPS) is 12.2. The number of pyridine rings is 2. The fraction of sp³-hybridized carbons (Fsp3) is 0.500. The van der Waals surface area contributed by atoms with E-state index in [0.29, 0.717) is 11.7 Å². The molecular formula is C26H35N3O2S. The number of nitrogens with one attached hydrogen (secondary N) is 1. The van der Waals surface area contributed by atoms with Gasteiger partial charge in [-0.2, -0.15) is 0 Å². The zero-order valence-electron chi connectivity index (χ0n) is 19.7. The van der Waals surface area contributed by atoms with Crippen molar-refractivity contribution in [2.45, 2.75) is 72.1 Å². The first-order valence-electron chi connectivity index (χ1n) is 11.8. The second kappa shape index (κ2) is 11.4. The molecule has 0 radical (unpaired) electrons. The lowest BCUT2D eigenvalue weighted by atomic mass is 9.94. The molecule has 0 spiro atoms. The highest BCUT2D eigenvalue weighted by Gasteiger charge is 2.16. The number of aryl methyl sites for hydroxylation is 1. The van der Waals surface area contributed by atoms with E-state index in [4.69, 9.17) is 0 Å². The minimum atomic E-state index is -0.154. The van der Waals surface area contributed by atoms with Crippen LogP contribution in [0, 0.1) is 5.92 Å². The van der Waals surface area contributed by atoms with Crippen molar-refractivity contribution in [3.8, 4) is 11.1 Å². The second-order valence-electron chi connectivity index (χ2n) is 8.71. The molecule has 1 atom stereocenters. The molecular weight excluding hydrogens is 418 g/mol. The number of hydrogen-bond donors (Lipinski definition) is 1. The van der Waals surface area contributed by atoms with Gasteiger partial charge in [0.25, 0.3) is 5.56 Å². The Labute approximate surface area is 194 Å². The number of hydrogen-bond acceptors (Lipinski definition) is 4. The molecule has 0 aromatic carbocycles. The summed E-state index contributed by atoms with van der Waals surface area (Å²) >= 11 is 1.73. The summed E-state index contributed by atoms with van der Waals surface area (Å²) < 4.78 is 2.67. The second-order valence-corrected chi connectivity index (χ2v) is 9.84. The molecule has 3 aromatic heterocycles. The zero-order valence-corrected chi connectivity index (χ0v) is 20.6. The highest BCUT2D eigenvalue weighted by atomic mass is 32.1. The standard InChI is InChI=1S/C26H35N3O2S/c1-5-7-8-9-10-11-19(6-2)14-21-16-22-25(32-21)23(17-29(4)26(22)31)20-12-13-27-24(15-20)28-18(3)30/h12-13,15-17,19H,5-11,14H2,1-4H3,(H,27,28,30). The monoisotopic (exact) mass is 453 g/mol. The molecule has 0 aliphatic rings. The van der Waals surface area contributed by atoms with Gasteiger partial charge in [-0.1, -0.05) is 58.8 Å². The molecule has 6 heteroatoms. The summed E-state index contributed by atoms with van der Waals surface area (Å²) in [6.07, 6.45) is 13.6. The summed E-state index contributed by atoms with van der Waals surface area (Å²) in [4.78, 5) is 29.8. The van der Waals surface area contributed by atoms with Gasteiger partial charge in [0.05, 0.1) is 5.39 Å². The summed E-state index contributed by atoms with van der Waals surface area (Å²) in [5.41, 5.74) is 1.98. The molecule has 172 valence electrons. The van der Waals surface area contributed by atoms with Crippen molar-refractivity contribution < 1.29 is 4.79 Å². The van der Waals surface area contributed by atoms with Gasteiger partial charge in [0.2, 0.25) is 5.91 Å². The number of amides is 1. The van der Waals surface area contributed by atoms with Crippen LogP contribution in [0.2, 0.25) is 0 Å². The van der Waals surface area contributed by atoms with Crippen molar-refractivity contribution in [1.82, 2.24) is 9.55 Å². The van der Waals surface area contributed by atoms with Gasteiger partial charge in [0, 0.05) is 41.5 Å². The van der Waals surface area contributed by atoms with Gasteiger partial charge in [0.15, 0.2) is 0 Å². The molecule has 0 saturated heterocycles. The number of rotatable bonds is 11. The van der Waals surface area contributed by atoms with Gasteiger partial charge in [-0.05, 0) is 36.1 Å². The van der Waals surface area contributed by atoms with Gasteiger partial charge in [-0.3, -0.25) is 9.59 Å². The molecule has 0 saturated carbocycles. The van der Waals surface area contributed by atoms with E-state index in [1.54, 1.807) is 29.1 Å². The first-order valence-corrected chi connectivity index (χ1v) is 12.6. The van der Waals surface area contributed by atoms with Crippen LogP contribution >= 0.6 is 11.3 Å². The Hall–Kier alpha value is -2.47. The van der Waals surface area contributed by atoms with E-state index in [9.17, 15) is 9.59 Å². The van der Waals surface area contributed by atoms with Crippen molar-refractivity contribution in [3.05, 3.63) is 45.8 Å². The Kier molecular flexibility index (Phi) is 8.62. The first-order chi connectivity index (χ1) is 15.4. The fourth-order valence-corrected chi connectivity index (χ4v) is 5.52. The van der Waals surface area contributed by atoms with Crippen LogP contribution in [-0.4, -0.2) is 15.5 Å². The lowest BCUT2D eigenvalue weighted by Gasteiger charge is -2.13. The van der Waals surface area contributed by atoms with E-state index in [-0.39, 0.29) is 11.5 Å². The lowest BCUT2D eigenvalue weighted by molar-refractivity contribution is -0.114. The summed E-state index contributed by atoms with van der Waals surface area (Å²) in [5, 5.41) is 3.52. The molecule has 32 heavy (non-hydrogen) atoms. The summed E-state index contributed by atoms with van der Waals surface area (Å²) in [5.74, 6) is 1.02. The predicted molar refractivity (Wildman–Crippen MR) is 135 cm³/mol. The van der Waals surface area contributed by atoms with Crippen LogP contribution in [0.1, 0.15) is 70.6 Å². The Morgan fingerprint density at radius 1 is 1.19 bits per heavy atom. The van der Waals surface area contributed by atoms with E-state index in [1.165, 1.54) is 50.3 Å². The molecule has 5 nitrogen and oxygen atoms in total. The third kappa shape index (κ3) is 6.06. The Morgan fingerprint density at radius 3 is 2.69 bits per heavy atom. The maximum Gasteiger partial charge on any atom is 0.259 e. The predicted octanol–water partition coefficient (Wildman–Crippen LogP) is 6.55. The third-order valence-corrected chi connectivity index (χ3v) is 7.25. The van der Waals surface area contributed by atoms with E-state index >= 15 is 0 Å². The van der Waals surface area contributed by atoms with Crippen LogP contribution in [-0.2, 0) is 18.3 Å². The number of fused-ring (bicyclic) bond motifs is 1. The number of nitrogens with zero attached hydrogens (tertiary/aromatic N) is 2. The average molecular weight is 454 g/mol. The number of aromatic nitrogens is 2. The molecule has 1 unspecified atom stereocenters. The van der Waals surface area contributed by atoms with E-state index in [0.717, 1.165) is 34.1 Å². The minimum absolute atomic E-state index is 0.0370. The molecule has 1 N–H and O–H groups in total. The first kappa shape index (κ1) is 24.2. The van der Waals surface area contributed by atoms with Gasteiger partial charge in [-0.25, -0.2) is 4.98 Å². The van der Waals surface area contributed by atoms with Crippen LogP contribution in [0.25, 0.3) is 21.2 Å². The summed E-state index contributed by atoms with van der Waals surface area (Å²) in [6.45, 7) is 5.99. The molecule has 0 bridgehead atoms. The van der Waals surface area contributed by atoms with E-state index in [2.05, 4.69) is 30.2 Å². The summed E-state index contributed by atoms with van der Waals surface area (Å²) in [7, 11) is 1.80. The highest BCUT2D eigenvalue weighted by Crippen LogP contribution is 2.35. The van der Waals surface area contributed by atoms with Gasteiger partial charge >= 0.3 is 0 Å². The topological polar surface area (TPSA) is 64.0 Å². The minimum Gasteiger partial charge on any atom is -0.317 e. The zero-order chi connectivity index (χ0) is 23.1. The van der Waals surface area contributed by atoms with Crippen molar-refractivity contribution >= 4 is 33.1 Å². The van der Waals surface area contributed by atoms with Crippen LogP contribution in [0.15, 0.2) is 35.4 Å². The molecule has 0 fully saturated rings. The molecule has 3 aromatic rings. The van der Waals surface area contributed by atoms with Crippen LogP contribution in [0.4, 0.5) is 5.82 Å².